The van der Waals surface area contributed by atoms with Crippen LogP contribution in [0.1, 0.15) is 12.0 Å². The highest BCUT2D eigenvalue weighted by Crippen LogP contribution is 2.27. The van der Waals surface area contributed by atoms with E-state index in [0.29, 0.717) is 24.5 Å². The lowest BCUT2D eigenvalue weighted by Gasteiger charge is -2.23. The molecule has 0 radical (unpaired) electrons. The van der Waals surface area contributed by atoms with Crippen molar-refractivity contribution >= 4 is 28.7 Å². The van der Waals surface area contributed by atoms with Crippen molar-refractivity contribution in [1.82, 2.24) is 0 Å². The van der Waals surface area contributed by atoms with E-state index in [9.17, 15) is 20.2 Å². The summed E-state index contributed by atoms with van der Waals surface area (Å²) < 4.78 is 10.6. The summed E-state index contributed by atoms with van der Waals surface area (Å²) in [6.45, 7) is 0.711. The molecule has 0 atom stereocenters. The van der Waals surface area contributed by atoms with Gasteiger partial charge in [0.05, 0.1) is 35.2 Å². The Morgan fingerprint density at radius 1 is 1.00 bits per heavy atom. The molecule has 0 saturated heterocycles. The summed E-state index contributed by atoms with van der Waals surface area (Å²) in [5.41, 5.74) is 1.34. The van der Waals surface area contributed by atoms with Gasteiger partial charge in [-0.05, 0) is 42.5 Å². The fraction of sp³-hybridized carbons (Fsp3) is 0.192. The second-order valence-corrected chi connectivity index (χ2v) is 7.50. The van der Waals surface area contributed by atoms with Crippen molar-refractivity contribution in [3.05, 3.63) is 88.5 Å². The number of hydrogen-bond acceptors (Lipinski definition) is 10. The summed E-state index contributed by atoms with van der Waals surface area (Å²) in [7, 11) is 0. The van der Waals surface area contributed by atoms with Crippen LogP contribution in [-0.4, -0.2) is 37.2 Å². The third-order valence-electron chi connectivity index (χ3n) is 5.02. The maximum atomic E-state index is 12.0. The van der Waals surface area contributed by atoms with Crippen molar-refractivity contribution < 1.29 is 19.2 Å². The van der Waals surface area contributed by atoms with E-state index in [1.165, 1.54) is 12.1 Å². The normalized spacial score (nSPS) is 10.3. The van der Waals surface area contributed by atoms with E-state index in [-0.39, 0.29) is 36.6 Å². The Balaban J connectivity index is 1.58. The number of rotatable bonds is 12. The Hall–Kier alpha value is -5.29. The number of carbonyl (C=O) groups excluding carboxylic acids is 1. The first kappa shape index (κ1) is 26.3. The monoisotopic (exact) mass is 498 g/mol. The van der Waals surface area contributed by atoms with Gasteiger partial charge < -0.3 is 14.4 Å². The van der Waals surface area contributed by atoms with E-state index >= 15 is 0 Å². The molecule has 3 rings (SSSR count). The molecule has 3 aromatic carbocycles. The number of anilines is 1. The molecule has 0 spiro atoms. The Morgan fingerprint density at radius 2 is 1.76 bits per heavy atom. The molecule has 0 aliphatic heterocycles. The Bertz CT molecular complexity index is 1330. The number of hydrogen-bond donors (Lipinski definition) is 0. The van der Waals surface area contributed by atoms with E-state index in [2.05, 4.69) is 16.3 Å². The first-order valence-corrected chi connectivity index (χ1v) is 11.2. The van der Waals surface area contributed by atoms with Crippen LogP contribution in [0.3, 0.4) is 0 Å². The van der Waals surface area contributed by atoms with Crippen molar-refractivity contribution in [3.8, 4) is 17.9 Å². The highest BCUT2D eigenvalue weighted by atomic mass is 16.6. The maximum Gasteiger partial charge on any atom is 0.344 e. The number of nitro benzene ring substituents is 1. The lowest BCUT2D eigenvalue weighted by atomic mass is 10.2. The van der Waals surface area contributed by atoms with Gasteiger partial charge in [-0.15, -0.1) is 5.11 Å². The third-order valence-corrected chi connectivity index (χ3v) is 5.02. The highest BCUT2D eigenvalue weighted by molar-refractivity contribution is 5.71. The van der Waals surface area contributed by atoms with Crippen LogP contribution in [0.4, 0.5) is 22.7 Å². The lowest BCUT2D eigenvalue weighted by Crippen LogP contribution is -2.30. The molecule has 11 heteroatoms. The standard InChI is InChI=1S/C26H22N6O5/c27-13-4-14-31(15-16-36-26(33)19-37-24-5-2-1-3-6-24)22-9-7-21(8-10-22)29-30-25-12-11-23(32(34)35)17-20(25)18-28/h1-3,5-12,17H,4,14-16,19H2. The predicted molar refractivity (Wildman–Crippen MR) is 134 cm³/mol. The fourth-order valence-corrected chi connectivity index (χ4v) is 3.18. The van der Waals surface area contributed by atoms with Crippen molar-refractivity contribution in [2.45, 2.75) is 6.42 Å². The molecule has 0 unspecified atom stereocenters. The Kier molecular flexibility index (Phi) is 9.65. The minimum absolute atomic E-state index is 0.0426. The van der Waals surface area contributed by atoms with Gasteiger partial charge in [0.15, 0.2) is 6.61 Å². The van der Waals surface area contributed by atoms with Crippen molar-refractivity contribution in [1.29, 1.82) is 10.5 Å². The zero-order chi connectivity index (χ0) is 26.5. The van der Waals surface area contributed by atoms with Crippen LogP contribution in [0.2, 0.25) is 0 Å². The number of para-hydroxylation sites is 1. The molecule has 37 heavy (non-hydrogen) atoms. The second-order valence-electron chi connectivity index (χ2n) is 7.50. The van der Waals surface area contributed by atoms with Crippen molar-refractivity contribution in [2.24, 2.45) is 10.2 Å². The quantitative estimate of drug-likeness (QED) is 0.142. The van der Waals surface area contributed by atoms with Gasteiger partial charge in [-0.2, -0.15) is 15.6 Å². The predicted octanol–water partition coefficient (Wildman–Crippen LogP) is 5.22. The molecule has 0 fully saturated rings. The second kappa shape index (κ2) is 13.6. The minimum Gasteiger partial charge on any atom is -0.482 e. The van der Waals surface area contributed by atoms with Gasteiger partial charge in [0.2, 0.25) is 0 Å². The first-order chi connectivity index (χ1) is 18.0. The SMILES string of the molecule is N#CCCN(CCOC(=O)COc1ccccc1)c1ccc(N=Nc2ccc([N+](=O)[O-])cc2C#N)cc1. The number of carbonyl (C=O) groups is 1. The lowest BCUT2D eigenvalue weighted by molar-refractivity contribution is -0.384. The summed E-state index contributed by atoms with van der Waals surface area (Å²) in [6.07, 6.45) is 0.281. The zero-order valence-corrected chi connectivity index (χ0v) is 19.7. The summed E-state index contributed by atoms with van der Waals surface area (Å²) in [6, 6.07) is 23.7. The number of nitro groups is 1. The molecule has 0 aromatic heterocycles. The van der Waals surface area contributed by atoms with Crippen LogP contribution in [-0.2, 0) is 9.53 Å². The van der Waals surface area contributed by atoms with Crippen molar-refractivity contribution in [2.75, 3.05) is 31.2 Å². The Morgan fingerprint density at radius 3 is 2.43 bits per heavy atom. The summed E-state index contributed by atoms with van der Waals surface area (Å²) >= 11 is 0. The van der Waals surface area contributed by atoms with E-state index in [1.807, 2.05) is 17.0 Å². The first-order valence-electron chi connectivity index (χ1n) is 11.2. The van der Waals surface area contributed by atoms with Crippen LogP contribution in [0.5, 0.6) is 5.75 Å². The molecule has 186 valence electrons. The van der Waals surface area contributed by atoms with E-state index < -0.39 is 10.9 Å². The smallest absolute Gasteiger partial charge is 0.344 e. The molecular weight excluding hydrogens is 476 g/mol. The molecule has 0 heterocycles. The van der Waals surface area contributed by atoms with Crippen molar-refractivity contribution in [3.63, 3.8) is 0 Å². The van der Waals surface area contributed by atoms with Crippen LogP contribution < -0.4 is 9.64 Å². The molecule has 3 aromatic rings. The van der Waals surface area contributed by atoms with Gasteiger partial charge in [-0.3, -0.25) is 10.1 Å². The van der Waals surface area contributed by atoms with E-state index in [4.69, 9.17) is 14.7 Å². The molecule has 0 aliphatic carbocycles. The molecule has 0 saturated carbocycles. The number of non-ortho nitro benzene ring substituents is 1. The Labute approximate surface area is 212 Å². The molecule has 0 N–H and O–H groups in total. The summed E-state index contributed by atoms with van der Waals surface area (Å²) in [4.78, 5) is 24.2. The third kappa shape index (κ3) is 8.16. The van der Waals surface area contributed by atoms with E-state index in [1.54, 1.807) is 48.5 Å². The van der Waals surface area contributed by atoms with Gasteiger partial charge in [-0.25, -0.2) is 4.79 Å². The molecule has 0 bridgehead atoms. The topological polar surface area (TPSA) is 154 Å². The summed E-state index contributed by atoms with van der Waals surface area (Å²) in [5, 5.41) is 37.3. The summed E-state index contributed by atoms with van der Waals surface area (Å²) in [5.74, 6) is 0.0765. The highest BCUT2D eigenvalue weighted by Gasteiger charge is 2.11. The largest absolute Gasteiger partial charge is 0.482 e. The molecule has 0 amide bonds. The van der Waals surface area contributed by atoms with Gasteiger partial charge in [0, 0.05) is 24.4 Å². The van der Waals surface area contributed by atoms with Crippen LogP contribution in [0.15, 0.2) is 83.0 Å². The van der Waals surface area contributed by atoms with Gasteiger partial charge in [-0.1, -0.05) is 18.2 Å². The van der Waals surface area contributed by atoms with Gasteiger partial charge in [0.25, 0.3) is 5.69 Å². The van der Waals surface area contributed by atoms with Crippen LogP contribution >= 0.6 is 0 Å². The average Bonchev–Trinajstić information content (AvgIpc) is 2.93. The number of azo groups is 1. The van der Waals surface area contributed by atoms with Crippen LogP contribution in [0.25, 0.3) is 0 Å². The number of benzene rings is 3. The maximum absolute atomic E-state index is 12.0. The number of ether oxygens (including phenoxy) is 2. The number of nitriles is 2. The zero-order valence-electron chi connectivity index (χ0n) is 19.7. The number of nitrogens with zero attached hydrogens (tertiary/aromatic N) is 6. The number of esters is 1. The van der Waals surface area contributed by atoms with Gasteiger partial charge in [0.1, 0.15) is 24.1 Å². The average molecular weight is 498 g/mol. The molecule has 0 aliphatic rings. The minimum atomic E-state index is -0.585. The van der Waals surface area contributed by atoms with E-state index in [0.717, 1.165) is 11.8 Å². The van der Waals surface area contributed by atoms with Gasteiger partial charge >= 0.3 is 5.97 Å². The molecule has 11 nitrogen and oxygen atoms in total. The van der Waals surface area contributed by atoms with Crippen LogP contribution in [0, 0.1) is 32.8 Å². The fourth-order valence-electron chi connectivity index (χ4n) is 3.18. The molecular formula is C26H22N6O5.